The molecule has 0 aliphatic heterocycles. The van der Waals surface area contributed by atoms with Crippen molar-refractivity contribution in [3.05, 3.63) is 258 Å². The second-order valence-electron chi connectivity index (χ2n) is 16.3. The summed E-state index contributed by atoms with van der Waals surface area (Å²) >= 11 is 0. The van der Waals surface area contributed by atoms with Crippen molar-refractivity contribution >= 4 is 49.7 Å². The van der Waals surface area contributed by atoms with Crippen LogP contribution in [0.2, 0.25) is 0 Å². The van der Waals surface area contributed by atoms with E-state index in [1.807, 2.05) is 12.1 Å². The van der Waals surface area contributed by atoms with Gasteiger partial charge in [-0.3, -0.25) is 0 Å². The summed E-state index contributed by atoms with van der Waals surface area (Å²) in [4.78, 5) is 2.60. The van der Waals surface area contributed by atoms with Crippen LogP contribution in [0, 0.1) is 0 Å². The van der Waals surface area contributed by atoms with Gasteiger partial charge in [0, 0.05) is 22.0 Å². The number of nitrogens with zero attached hydrogens (tertiary/aromatic N) is 1. The Morgan fingerprint density at radius 3 is 1.90 bits per heavy atom. The topological polar surface area (TPSA) is 16.4 Å². The molecule has 1 atom stereocenters. The summed E-state index contributed by atoms with van der Waals surface area (Å²) in [6.45, 7) is 0. The van der Waals surface area contributed by atoms with Crippen LogP contribution in [-0.2, 0) is 5.41 Å². The molecule has 2 nitrogen and oxygen atoms in total. The molecule has 0 bridgehead atoms. The summed E-state index contributed by atoms with van der Waals surface area (Å²) in [5.74, 6) is 0. The SMILES string of the molecule is C1=CC(N(c2ccc3c(c2)C(c2ccccc2)(c2ccccc2)c2ccccc2-3)c2ccc3ccccc3c2-c2ccccc2)CC=C1c1ccc2c(c1)oc1ccccc12. The monoisotopic (exact) mass is 779 g/mol. The first kappa shape index (κ1) is 35.3. The number of hydrogen-bond acceptors (Lipinski definition) is 2. The minimum atomic E-state index is -0.507. The van der Waals surface area contributed by atoms with Gasteiger partial charge in [0.1, 0.15) is 11.2 Å². The van der Waals surface area contributed by atoms with Gasteiger partial charge in [0.15, 0.2) is 0 Å². The van der Waals surface area contributed by atoms with Gasteiger partial charge in [-0.1, -0.05) is 194 Å². The van der Waals surface area contributed by atoms with E-state index < -0.39 is 5.41 Å². The summed E-state index contributed by atoms with van der Waals surface area (Å²) in [6, 6.07) is 77.8. The van der Waals surface area contributed by atoms with Gasteiger partial charge in [-0.2, -0.15) is 0 Å². The van der Waals surface area contributed by atoms with Gasteiger partial charge in [0.2, 0.25) is 0 Å². The first-order valence-corrected chi connectivity index (χ1v) is 21.3. The fourth-order valence-corrected chi connectivity index (χ4v) is 10.4. The van der Waals surface area contributed by atoms with E-state index in [1.54, 1.807) is 0 Å². The summed E-state index contributed by atoms with van der Waals surface area (Å²) in [7, 11) is 0. The van der Waals surface area contributed by atoms with E-state index >= 15 is 0 Å². The predicted octanol–water partition coefficient (Wildman–Crippen LogP) is 15.3. The highest BCUT2D eigenvalue weighted by Crippen LogP contribution is 2.57. The van der Waals surface area contributed by atoms with Crippen molar-refractivity contribution in [1.29, 1.82) is 0 Å². The third-order valence-corrected chi connectivity index (χ3v) is 13.1. The van der Waals surface area contributed by atoms with E-state index in [4.69, 9.17) is 4.42 Å². The Bertz CT molecular complexity index is 3300. The lowest BCUT2D eigenvalue weighted by molar-refractivity contribution is 0.669. The second-order valence-corrected chi connectivity index (χ2v) is 16.3. The Morgan fingerprint density at radius 2 is 1.13 bits per heavy atom. The van der Waals surface area contributed by atoms with Crippen molar-refractivity contribution in [2.24, 2.45) is 0 Å². The summed E-state index contributed by atoms with van der Waals surface area (Å²) in [6.07, 6.45) is 7.96. The van der Waals surface area contributed by atoms with E-state index in [0.29, 0.717) is 0 Å². The van der Waals surface area contributed by atoms with Crippen molar-refractivity contribution in [3.63, 3.8) is 0 Å². The number of para-hydroxylation sites is 1. The van der Waals surface area contributed by atoms with Gasteiger partial charge in [-0.05, 0) is 104 Å². The van der Waals surface area contributed by atoms with Crippen LogP contribution in [-0.4, -0.2) is 6.04 Å². The first-order chi connectivity index (χ1) is 30.3. The zero-order valence-corrected chi connectivity index (χ0v) is 33.6. The van der Waals surface area contributed by atoms with E-state index in [2.05, 4.69) is 223 Å². The molecule has 0 spiro atoms. The Morgan fingerprint density at radius 1 is 0.475 bits per heavy atom. The van der Waals surface area contributed by atoms with Gasteiger partial charge in [0.25, 0.3) is 0 Å². The maximum absolute atomic E-state index is 6.33. The van der Waals surface area contributed by atoms with E-state index in [9.17, 15) is 0 Å². The highest BCUT2D eigenvalue weighted by Gasteiger charge is 2.46. The highest BCUT2D eigenvalue weighted by molar-refractivity contribution is 6.06. The van der Waals surface area contributed by atoms with Crippen LogP contribution in [0.15, 0.2) is 235 Å². The fourth-order valence-electron chi connectivity index (χ4n) is 10.4. The number of furan rings is 1. The van der Waals surface area contributed by atoms with E-state index in [-0.39, 0.29) is 6.04 Å². The zero-order valence-electron chi connectivity index (χ0n) is 33.6. The second kappa shape index (κ2) is 14.3. The molecule has 9 aromatic carbocycles. The number of allylic oxidation sites excluding steroid dienone is 2. The lowest BCUT2D eigenvalue weighted by atomic mass is 9.67. The molecule has 0 saturated carbocycles. The molecule has 0 amide bonds. The number of rotatable bonds is 7. The third kappa shape index (κ3) is 5.56. The molecule has 0 radical (unpaired) electrons. The van der Waals surface area contributed by atoms with E-state index in [1.165, 1.54) is 66.5 Å². The molecule has 288 valence electrons. The van der Waals surface area contributed by atoms with E-state index in [0.717, 1.165) is 39.6 Å². The van der Waals surface area contributed by atoms with Gasteiger partial charge in [-0.15, -0.1) is 0 Å². The number of fused-ring (bicyclic) bond motifs is 7. The minimum Gasteiger partial charge on any atom is -0.456 e. The molecule has 2 heteroatoms. The summed E-state index contributed by atoms with van der Waals surface area (Å²) < 4.78 is 6.33. The van der Waals surface area contributed by atoms with Crippen molar-refractivity contribution in [2.45, 2.75) is 17.9 Å². The third-order valence-electron chi connectivity index (χ3n) is 13.1. The smallest absolute Gasteiger partial charge is 0.136 e. The van der Waals surface area contributed by atoms with Gasteiger partial charge < -0.3 is 9.32 Å². The van der Waals surface area contributed by atoms with Crippen molar-refractivity contribution in [1.82, 2.24) is 0 Å². The largest absolute Gasteiger partial charge is 0.456 e. The Hall–Kier alpha value is -7.68. The number of anilines is 2. The van der Waals surface area contributed by atoms with Gasteiger partial charge in [0.05, 0.1) is 17.1 Å². The molecule has 1 heterocycles. The maximum atomic E-state index is 6.33. The first-order valence-electron chi connectivity index (χ1n) is 21.3. The molecule has 1 unspecified atom stereocenters. The average Bonchev–Trinajstić information content (AvgIpc) is 3.86. The van der Waals surface area contributed by atoms with Crippen LogP contribution < -0.4 is 4.90 Å². The molecule has 0 N–H and O–H groups in total. The Kier molecular flexibility index (Phi) is 8.24. The summed E-state index contributed by atoms with van der Waals surface area (Å²) in [5.41, 5.74) is 16.2. The number of hydrogen-bond donors (Lipinski definition) is 0. The molecule has 2 aliphatic rings. The quantitative estimate of drug-likeness (QED) is 0.160. The molecule has 61 heavy (non-hydrogen) atoms. The lowest BCUT2D eigenvalue weighted by Crippen LogP contribution is -2.32. The van der Waals surface area contributed by atoms with Crippen LogP contribution in [0.25, 0.3) is 60.5 Å². The van der Waals surface area contributed by atoms with Crippen LogP contribution in [0.1, 0.15) is 34.2 Å². The maximum Gasteiger partial charge on any atom is 0.136 e. The van der Waals surface area contributed by atoms with Crippen molar-refractivity contribution in [3.8, 4) is 22.3 Å². The van der Waals surface area contributed by atoms with Gasteiger partial charge >= 0.3 is 0 Å². The standard InChI is InChI=1S/C59H41NO/c1-4-17-42(18-5-1)58-48-23-11-10-16-41(48)31-37-55(58)60(46-32-28-40(29-33-46)43-30-35-52-51-25-13-15-27-56(51)61-57(52)38-43)47-34-36-50-49-24-12-14-26-53(49)59(54(50)39-47,44-19-6-2-7-20-44)45-21-8-3-9-22-45/h1-32,34-39,46H,33H2. The van der Waals surface area contributed by atoms with Crippen LogP contribution >= 0.6 is 0 Å². The molecular formula is C59H41NO. The average molecular weight is 780 g/mol. The number of benzene rings is 9. The van der Waals surface area contributed by atoms with Crippen molar-refractivity contribution in [2.75, 3.05) is 4.90 Å². The molecular weight excluding hydrogens is 739 g/mol. The van der Waals surface area contributed by atoms with Crippen LogP contribution in [0.3, 0.4) is 0 Å². The Labute approximate surface area is 356 Å². The van der Waals surface area contributed by atoms with Crippen molar-refractivity contribution < 1.29 is 4.42 Å². The molecule has 10 aromatic rings. The predicted molar refractivity (Wildman–Crippen MR) is 255 cm³/mol. The normalized spacial score (nSPS) is 15.1. The van der Waals surface area contributed by atoms with Crippen LogP contribution in [0.5, 0.6) is 0 Å². The highest BCUT2D eigenvalue weighted by atomic mass is 16.3. The molecule has 2 aliphatic carbocycles. The fraction of sp³-hybridized carbons (Fsp3) is 0.0508. The molecule has 0 fully saturated rings. The zero-order chi connectivity index (χ0) is 40.3. The van der Waals surface area contributed by atoms with Gasteiger partial charge in [-0.25, -0.2) is 0 Å². The lowest BCUT2D eigenvalue weighted by Gasteiger charge is -2.37. The Balaban J connectivity index is 1.06. The summed E-state index contributed by atoms with van der Waals surface area (Å²) in [5, 5.41) is 4.76. The van der Waals surface area contributed by atoms with Crippen LogP contribution in [0.4, 0.5) is 11.4 Å². The molecule has 0 saturated heterocycles. The molecule has 12 rings (SSSR count). The minimum absolute atomic E-state index is 0.0342. The molecule has 1 aromatic heterocycles.